The molecule has 11 heavy (non-hydrogen) atoms. The highest BCUT2D eigenvalue weighted by Crippen LogP contribution is 2.15. The molecule has 68 valence electrons. The molecule has 1 fully saturated rings. The summed E-state index contributed by atoms with van der Waals surface area (Å²) in [6, 6.07) is 0. The topological polar surface area (TPSA) is 35.0 Å². The van der Waals surface area contributed by atoms with Crippen LogP contribution in [0.5, 0.6) is 0 Å². The van der Waals surface area contributed by atoms with E-state index in [1.165, 1.54) is 64.2 Å². The Labute approximate surface area is 71.2 Å². The van der Waals surface area contributed by atoms with Gasteiger partial charge in [0, 0.05) is 0 Å². The van der Waals surface area contributed by atoms with Crippen LogP contribution in [0.4, 0.5) is 0 Å². The number of hydrogen-bond donors (Lipinski definition) is 1. The van der Waals surface area contributed by atoms with E-state index < -0.39 is 0 Å². The summed E-state index contributed by atoms with van der Waals surface area (Å²) in [5.74, 6) is 0. The monoisotopic (exact) mass is 157 g/mol. The molecule has 1 aliphatic rings. The van der Waals surface area contributed by atoms with E-state index in [2.05, 4.69) is 0 Å². The van der Waals surface area contributed by atoms with Crippen LogP contribution in [0.3, 0.4) is 0 Å². The van der Waals surface area contributed by atoms with Crippen molar-refractivity contribution in [2.24, 2.45) is 0 Å². The lowest BCUT2D eigenvalue weighted by atomic mass is 10.0. The minimum absolute atomic E-state index is 0. The van der Waals surface area contributed by atoms with Crippen molar-refractivity contribution >= 4 is 0 Å². The Morgan fingerprint density at radius 1 is 0.273 bits per heavy atom. The maximum Gasteiger partial charge on any atom is -0.0533 e. The van der Waals surface area contributed by atoms with E-state index in [4.69, 9.17) is 0 Å². The molecule has 0 unspecified atom stereocenters. The average Bonchev–Trinajstić information content (AvgIpc) is 2.01. The van der Waals surface area contributed by atoms with Crippen molar-refractivity contribution in [2.45, 2.75) is 64.2 Å². The van der Waals surface area contributed by atoms with Gasteiger partial charge in [-0.1, -0.05) is 64.2 Å². The highest BCUT2D eigenvalue weighted by Gasteiger charge is 1.95. The zero-order valence-electron chi connectivity index (χ0n) is 7.78. The summed E-state index contributed by atoms with van der Waals surface area (Å²) in [6.07, 6.45) is 15.0. The van der Waals surface area contributed by atoms with Gasteiger partial charge in [0.1, 0.15) is 0 Å². The van der Waals surface area contributed by atoms with Gasteiger partial charge >= 0.3 is 0 Å². The van der Waals surface area contributed by atoms with Gasteiger partial charge in [0.25, 0.3) is 0 Å². The molecule has 0 aromatic heterocycles. The fraction of sp³-hybridized carbons (Fsp3) is 1.00. The highest BCUT2D eigenvalue weighted by atomic mass is 14.0. The SMILES string of the molecule is C1CCCCCCCCC1.N. The lowest BCUT2D eigenvalue weighted by molar-refractivity contribution is 0.504. The molecular weight excluding hydrogens is 134 g/mol. The molecule has 0 amide bonds. The third-order valence-electron chi connectivity index (χ3n) is 2.50. The van der Waals surface area contributed by atoms with Crippen LogP contribution < -0.4 is 6.15 Å². The van der Waals surface area contributed by atoms with E-state index in [0.717, 1.165) is 0 Å². The van der Waals surface area contributed by atoms with Gasteiger partial charge in [-0.25, -0.2) is 0 Å². The predicted molar refractivity (Wildman–Crippen MR) is 51.2 cm³/mol. The van der Waals surface area contributed by atoms with Crippen molar-refractivity contribution < 1.29 is 0 Å². The summed E-state index contributed by atoms with van der Waals surface area (Å²) in [7, 11) is 0. The van der Waals surface area contributed by atoms with Crippen molar-refractivity contribution in [3.63, 3.8) is 0 Å². The summed E-state index contributed by atoms with van der Waals surface area (Å²) in [6.45, 7) is 0. The van der Waals surface area contributed by atoms with Crippen LogP contribution in [0.2, 0.25) is 0 Å². The molecule has 0 aliphatic heterocycles. The minimum atomic E-state index is 0. The van der Waals surface area contributed by atoms with Gasteiger partial charge in [-0.3, -0.25) is 0 Å². The quantitative estimate of drug-likeness (QED) is 0.565. The first kappa shape index (κ1) is 11.0. The summed E-state index contributed by atoms with van der Waals surface area (Å²) >= 11 is 0. The second-order valence-electron chi connectivity index (χ2n) is 3.54. The van der Waals surface area contributed by atoms with Gasteiger partial charge in [-0.15, -0.1) is 0 Å². The predicted octanol–water partition coefficient (Wildman–Crippen LogP) is 4.06. The van der Waals surface area contributed by atoms with E-state index >= 15 is 0 Å². The third kappa shape index (κ3) is 6.36. The van der Waals surface area contributed by atoms with Crippen molar-refractivity contribution in [3.8, 4) is 0 Å². The van der Waals surface area contributed by atoms with Crippen LogP contribution in [0.15, 0.2) is 0 Å². The van der Waals surface area contributed by atoms with Gasteiger partial charge < -0.3 is 6.15 Å². The number of rotatable bonds is 0. The van der Waals surface area contributed by atoms with E-state index in [9.17, 15) is 0 Å². The largest absolute Gasteiger partial charge is 0.344 e. The summed E-state index contributed by atoms with van der Waals surface area (Å²) in [4.78, 5) is 0. The van der Waals surface area contributed by atoms with Crippen molar-refractivity contribution in [1.82, 2.24) is 6.15 Å². The Morgan fingerprint density at radius 2 is 0.364 bits per heavy atom. The summed E-state index contributed by atoms with van der Waals surface area (Å²) in [5.41, 5.74) is 0. The van der Waals surface area contributed by atoms with Crippen LogP contribution in [0.1, 0.15) is 64.2 Å². The molecular formula is C10H23N. The molecule has 0 atom stereocenters. The van der Waals surface area contributed by atoms with Crippen LogP contribution >= 0.6 is 0 Å². The molecule has 1 rings (SSSR count). The molecule has 0 radical (unpaired) electrons. The first-order chi connectivity index (χ1) is 5.00. The van der Waals surface area contributed by atoms with Crippen LogP contribution in [0.25, 0.3) is 0 Å². The van der Waals surface area contributed by atoms with Crippen LogP contribution in [-0.4, -0.2) is 0 Å². The average molecular weight is 157 g/mol. The molecule has 1 nitrogen and oxygen atoms in total. The molecule has 0 aromatic carbocycles. The molecule has 3 N–H and O–H groups in total. The molecule has 1 aliphatic carbocycles. The lowest BCUT2D eigenvalue weighted by Gasteiger charge is -2.05. The molecule has 1 heteroatoms. The molecule has 0 bridgehead atoms. The van der Waals surface area contributed by atoms with Crippen molar-refractivity contribution in [1.29, 1.82) is 0 Å². The first-order valence-electron chi connectivity index (χ1n) is 5.00. The van der Waals surface area contributed by atoms with Gasteiger partial charge in [0.15, 0.2) is 0 Å². The zero-order valence-corrected chi connectivity index (χ0v) is 7.78. The molecule has 0 aromatic rings. The molecule has 0 spiro atoms. The van der Waals surface area contributed by atoms with Crippen LogP contribution in [0, 0.1) is 0 Å². The van der Waals surface area contributed by atoms with Gasteiger partial charge in [0.05, 0.1) is 0 Å². The normalized spacial score (nSPS) is 21.8. The zero-order chi connectivity index (χ0) is 7.07. The van der Waals surface area contributed by atoms with E-state index in [1.807, 2.05) is 0 Å². The maximum atomic E-state index is 1.50. The van der Waals surface area contributed by atoms with Gasteiger partial charge in [0.2, 0.25) is 0 Å². The third-order valence-corrected chi connectivity index (χ3v) is 2.50. The lowest BCUT2D eigenvalue weighted by Crippen LogP contribution is -1.85. The molecule has 1 saturated carbocycles. The Bertz CT molecular complexity index is 38.1. The van der Waals surface area contributed by atoms with Gasteiger partial charge in [-0.2, -0.15) is 0 Å². The Hall–Kier alpha value is -0.0400. The number of hydrogen-bond acceptors (Lipinski definition) is 1. The fourth-order valence-corrected chi connectivity index (χ4v) is 1.77. The Balaban J connectivity index is 0.000001000. The first-order valence-corrected chi connectivity index (χ1v) is 5.00. The minimum Gasteiger partial charge on any atom is -0.344 e. The molecule has 0 saturated heterocycles. The van der Waals surface area contributed by atoms with Gasteiger partial charge in [-0.05, 0) is 0 Å². The highest BCUT2D eigenvalue weighted by molar-refractivity contribution is 4.51. The molecule has 0 heterocycles. The second kappa shape index (κ2) is 8.06. The van der Waals surface area contributed by atoms with Crippen molar-refractivity contribution in [2.75, 3.05) is 0 Å². The van der Waals surface area contributed by atoms with E-state index in [1.54, 1.807) is 0 Å². The maximum absolute atomic E-state index is 1.50. The van der Waals surface area contributed by atoms with E-state index in [0.29, 0.717) is 0 Å². The van der Waals surface area contributed by atoms with E-state index in [-0.39, 0.29) is 6.15 Å². The van der Waals surface area contributed by atoms with Crippen molar-refractivity contribution in [3.05, 3.63) is 0 Å². The second-order valence-corrected chi connectivity index (χ2v) is 3.54. The summed E-state index contributed by atoms with van der Waals surface area (Å²) in [5, 5.41) is 0. The standard InChI is InChI=1S/C10H20.H3N/c1-2-4-6-8-10-9-7-5-3-1;/h1-10H2;1H3. The Kier molecular flexibility index (Phi) is 8.03. The Morgan fingerprint density at radius 3 is 0.455 bits per heavy atom. The fourth-order valence-electron chi connectivity index (χ4n) is 1.77. The smallest absolute Gasteiger partial charge is 0.0533 e. The van der Waals surface area contributed by atoms with Crippen LogP contribution in [-0.2, 0) is 0 Å². The summed E-state index contributed by atoms with van der Waals surface area (Å²) < 4.78 is 0.